The van der Waals surface area contributed by atoms with E-state index in [0.29, 0.717) is 17.2 Å². The average Bonchev–Trinajstić information content (AvgIpc) is 2.80. The van der Waals surface area contributed by atoms with E-state index in [2.05, 4.69) is 0 Å². The molecule has 2 aliphatic rings. The molecule has 0 bridgehead atoms. The van der Waals surface area contributed by atoms with Crippen molar-refractivity contribution in [3.8, 4) is 0 Å². The Morgan fingerprint density at radius 1 is 1.48 bits per heavy atom. The molecule has 0 amide bonds. The highest BCUT2D eigenvalue weighted by atomic mass is 32.2. The summed E-state index contributed by atoms with van der Waals surface area (Å²) in [6.45, 7) is 2.61. The number of hydrogen-bond donors (Lipinski definition) is 1. The maximum absolute atomic E-state index is 12.2. The first-order chi connectivity index (χ1) is 10.1. The SMILES string of the molecule is Cc1sc(C(=O)OC2CCOC3(CCSCC3)C2)cc1N. The van der Waals surface area contributed by atoms with Gasteiger partial charge in [-0.15, -0.1) is 11.3 Å². The van der Waals surface area contributed by atoms with Gasteiger partial charge >= 0.3 is 5.97 Å². The number of rotatable bonds is 2. The summed E-state index contributed by atoms with van der Waals surface area (Å²) >= 11 is 3.38. The Labute approximate surface area is 133 Å². The normalized spacial score (nSPS) is 24.9. The van der Waals surface area contributed by atoms with Crippen LogP contribution in [0.15, 0.2) is 6.07 Å². The molecule has 2 fully saturated rings. The Morgan fingerprint density at radius 3 is 2.90 bits per heavy atom. The number of nitrogen functional groups attached to an aromatic ring is 1. The minimum Gasteiger partial charge on any atom is -0.458 e. The van der Waals surface area contributed by atoms with Crippen LogP contribution in [-0.2, 0) is 9.47 Å². The second-order valence-corrected chi connectivity index (χ2v) is 8.27. The van der Waals surface area contributed by atoms with Gasteiger partial charge in [-0.1, -0.05) is 0 Å². The van der Waals surface area contributed by atoms with Crippen molar-refractivity contribution in [2.45, 2.75) is 44.3 Å². The molecular formula is C15H21NO3S2. The van der Waals surface area contributed by atoms with Crippen LogP contribution < -0.4 is 5.73 Å². The van der Waals surface area contributed by atoms with Crippen molar-refractivity contribution in [2.75, 3.05) is 23.8 Å². The lowest BCUT2D eigenvalue weighted by Gasteiger charge is -2.42. The maximum Gasteiger partial charge on any atom is 0.348 e. The zero-order valence-corrected chi connectivity index (χ0v) is 13.9. The van der Waals surface area contributed by atoms with Gasteiger partial charge in [0.1, 0.15) is 11.0 Å². The number of esters is 1. The van der Waals surface area contributed by atoms with Crippen LogP contribution in [0.2, 0.25) is 0 Å². The molecular weight excluding hydrogens is 306 g/mol. The molecule has 3 rings (SSSR count). The summed E-state index contributed by atoms with van der Waals surface area (Å²) in [5, 5.41) is 0. The minimum atomic E-state index is -0.243. The van der Waals surface area contributed by atoms with Crippen molar-refractivity contribution in [1.82, 2.24) is 0 Å². The molecule has 21 heavy (non-hydrogen) atoms. The third kappa shape index (κ3) is 3.38. The average molecular weight is 327 g/mol. The third-order valence-corrected chi connectivity index (χ3v) is 6.31. The van der Waals surface area contributed by atoms with Gasteiger partial charge < -0.3 is 15.2 Å². The van der Waals surface area contributed by atoms with Gasteiger partial charge in [-0.3, -0.25) is 0 Å². The molecule has 4 nitrogen and oxygen atoms in total. The molecule has 2 saturated heterocycles. The molecule has 3 heterocycles. The number of thioether (sulfide) groups is 1. The Morgan fingerprint density at radius 2 is 2.24 bits per heavy atom. The van der Waals surface area contributed by atoms with Crippen LogP contribution in [0.25, 0.3) is 0 Å². The van der Waals surface area contributed by atoms with E-state index >= 15 is 0 Å². The molecule has 0 aromatic carbocycles. The van der Waals surface area contributed by atoms with Gasteiger partial charge in [-0.2, -0.15) is 11.8 Å². The first kappa shape index (κ1) is 15.2. The number of carbonyl (C=O) groups excluding carboxylic acids is 1. The van der Waals surface area contributed by atoms with E-state index in [-0.39, 0.29) is 17.7 Å². The summed E-state index contributed by atoms with van der Waals surface area (Å²) in [4.78, 5) is 13.8. The predicted molar refractivity (Wildman–Crippen MR) is 87.1 cm³/mol. The van der Waals surface area contributed by atoms with Gasteiger partial charge in [-0.05, 0) is 37.3 Å². The fraction of sp³-hybridized carbons (Fsp3) is 0.667. The fourth-order valence-corrected chi connectivity index (χ4v) is 5.04. The van der Waals surface area contributed by atoms with Crippen molar-refractivity contribution in [3.05, 3.63) is 15.8 Å². The standard InChI is InChI=1S/C15H21NO3S2/c1-10-12(16)8-13(21-10)14(17)19-11-2-5-18-15(9-11)3-6-20-7-4-15/h8,11H,2-7,9,16H2,1H3. The van der Waals surface area contributed by atoms with Crippen molar-refractivity contribution in [3.63, 3.8) is 0 Å². The molecule has 2 aliphatic heterocycles. The molecule has 0 saturated carbocycles. The number of hydrogen-bond acceptors (Lipinski definition) is 6. The van der Waals surface area contributed by atoms with Crippen molar-refractivity contribution >= 4 is 34.8 Å². The third-order valence-electron chi connectivity index (χ3n) is 4.28. The van der Waals surface area contributed by atoms with Crippen molar-refractivity contribution in [2.24, 2.45) is 0 Å². The summed E-state index contributed by atoms with van der Waals surface area (Å²) in [5.74, 6) is 2.04. The zero-order valence-electron chi connectivity index (χ0n) is 12.2. The second-order valence-electron chi connectivity index (χ2n) is 5.79. The summed E-state index contributed by atoms with van der Waals surface area (Å²) in [5.41, 5.74) is 6.41. The predicted octanol–water partition coefficient (Wildman–Crippen LogP) is 3.24. The quantitative estimate of drug-likeness (QED) is 0.845. The molecule has 1 aromatic rings. The maximum atomic E-state index is 12.2. The largest absolute Gasteiger partial charge is 0.458 e. The van der Waals surface area contributed by atoms with E-state index in [1.54, 1.807) is 6.07 Å². The van der Waals surface area contributed by atoms with Crippen LogP contribution in [0.5, 0.6) is 0 Å². The van der Waals surface area contributed by atoms with Gasteiger partial charge in [-0.25, -0.2) is 4.79 Å². The van der Waals surface area contributed by atoms with Gasteiger partial charge in [0.15, 0.2) is 0 Å². The zero-order chi connectivity index (χ0) is 14.9. The first-order valence-corrected chi connectivity index (χ1v) is 9.34. The summed E-state index contributed by atoms with van der Waals surface area (Å²) in [6, 6.07) is 1.72. The van der Waals surface area contributed by atoms with Crippen LogP contribution in [0.3, 0.4) is 0 Å². The summed E-state index contributed by atoms with van der Waals surface area (Å²) in [7, 11) is 0. The lowest BCUT2D eigenvalue weighted by molar-refractivity contribution is -0.124. The molecule has 0 aliphatic carbocycles. The summed E-state index contributed by atoms with van der Waals surface area (Å²) < 4.78 is 11.7. The van der Waals surface area contributed by atoms with Crippen molar-refractivity contribution < 1.29 is 14.3 Å². The second kappa shape index (κ2) is 6.18. The van der Waals surface area contributed by atoms with E-state index in [9.17, 15) is 4.79 Å². The molecule has 1 unspecified atom stereocenters. The Kier molecular flexibility index (Phi) is 4.47. The molecule has 6 heteroatoms. The molecule has 1 atom stereocenters. The van der Waals surface area contributed by atoms with Gasteiger partial charge in [0.05, 0.1) is 12.2 Å². The van der Waals surface area contributed by atoms with Crippen molar-refractivity contribution in [1.29, 1.82) is 0 Å². The van der Waals surface area contributed by atoms with Crippen LogP contribution in [0, 0.1) is 6.92 Å². The Balaban J connectivity index is 1.63. The Hall–Kier alpha value is -0.720. The molecule has 2 N–H and O–H groups in total. The molecule has 116 valence electrons. The van der Waals surface area contributed by atoms with E-state index in [1.807, 2.05) is 18.7 Å². The Bertz CT molecular complexity index is 498. The van der Waals surface area contributed by atoms with E-state index in [0.717, 1.165) is 42.1 Å². The fourth-order valence-electron chi connectivity index (χ4n) is 2.98. The van der Waals surface area contributed by atoms with Crippen LogP contribution in [0.1, 0.15) is 40.2 Å². The first-order valence-electron chi connectivity index (χ1n) is 7.37. The van der Waals surface area contributed by atoms with E-state index in [1.165, 1.54) is 11.3 Å². The highest BCUT2D eigenvalue weighted by molar-refractivity contribution is 7.99. The van der Waals surface area contributed by atoms with Crippen LogP contribution >= 0.6 is 23.1 Å². The monoisotopic (exact) mass is 327 g/mol. The lowest BCUT2D eigenvalue weighted by atomic mass is 9.86. The van der Waals surface area contributed by atoms with Crippen LogP contribution in [-0.4, -0.2) is 35.8 Å². The molecule has 1 spiro atoms. The summed E-state index contributed by atoms with van der Waals surface area (Å²) in [6.07, 6.45) is 3.73. The minimum absolute atomic E-state index is 0.0296. The number of aryl methyl sites for hydroxylation is 1. The molecule has 1 aromatic heterocycles. The highest BCUT2D eigenvalue weighted by Gasteiger charge is 2.40. The van der Waals surface area contributed by atoms with Gasteiger partial charge in [0, 0.05) is 23.4 Å². The smallest absolute Gasteiger partial charge is 0.348 e. The van der Waals surface area contributed by atoms with E-state index in [4.69, 9.17) is 15.2 Å². The number of thiophene rings is 1. The van der Waals surface area contributed by atoms with Gasteiger partial charge in [0.2, 0.25) is 0 Å². The number of anilines is 1. The van der Waals surface area contributed by atoms with E-state index < -0.39 is 0 Å². The number of nitrogens with two attached hydrogens (primary N) is 1. The van der Waals surface area contributed by atoms with Crippen LogP contribution in [0.4, 0.5) is 5.69 Å². The lowest BCUT2D eigenvalue weighted by Crippen LogP contribution is -2.45. The number of carbonyl (C=O) groups is 1. The van der Waals surface area contributed by atoms with Gasteiger partial charge in [0.25, 0.3) is 0 Å². The number of ether oxygens (including phenoxy) is 2. The molecule has 0 radical (unpaired) electrons. The topological polar surface area (TPSA) is 61.5 Å². The highest BCUT2D eigenvalue weighted by Crippen LogP contribution is 2.38.